The maximum atomic E-state index is 12.3. The van der Waals surface area contributed by atoms with Crippen LogP contribution in [-0.4, -0.2) is 33.3 Å². The topological polar surface area (TPSA) is 87.9 Å². The molecular formula is C15H20BNO5. The van der Waals surface area contributed by atoms with Crippen molar-refractivity contribution in [2.45, 2.75) is 18.8 Å². The van der Waals surface area contributed by atoms with Crippen LogP contribution in [0.15, 0.2) is 30.3 Å². The Morgan fingerprint density at radius 1 is 1.36 bits per heavy atom. The average molecular weight is 305 g/mol. The molecule has 1 aliphatic carbocycles. The van der Waals surface area contributed by atoms with E-state index < -0.39 is 5.82 Å². The van der Waals surface area contributed by atoms with Gasteiger partial charge in [0.2, 0.25) is 0 Å². The summed E-state index contributed by atoms with van der Waals surface area (Å²) in [6.45, 7) is 0.229. The Balaban J connectivity index is 1.91. The Morgan fingerprint density at radius 3 is 2.73 bits per heavy atom. The first-order chi connectivity index (χ1) is 10.7. The van der Waals surface area contributed by atoms with Crippen molar-refractivity contribution in [1.29, 1.82) is 0 Å². The summed E-state index contributed by atoms with van der Waals surface area (Å²) in [4.78, 5) is 23.8. The smallest absolute Gasteiger partial charge is 0.308 e. The Kier molecular flexibility index (Phi) is 5.97. The highest BCUT2D eigenvalue weighted by molar-refractivity contribution is 6.37. The number of ether oxygens (including phenoxy) is 2. The summed E-state index contributed by atoms with van der Waals surface area (Å²) < 4.78 is 15.2. The molecule has 0 aliphatic heterocycles. The summed E-state index contributed by atoms with van der Waals surface area (Å²) >= 11 is 0. The van der Waals surface area contributed by atoms with Crippen LogP contribution in [0.1, 0.15) is 12.0 Å². The first-order valence-electron chi connectivity index (χ1n) is 7.23. The van der Waals surface area contributed by atoms with Crippen LogP contribution in [0.3, 0.4) is 0 Å². The number of carbonyl (C=O) groups excluding carboxylic acids is 2. The first kappa shape index (κ1) is 16.5. The van der Waals surface area contributed by atoms with Gasteiger partial charge in [-0.05, 0) is 17.9 Å². The molecule has 118 valence electrons. The molecule has 22 heavy (non-hydrogen) atoms. The molecule has 0 radical (unpaired) electrons. The molecular weight excluding hydrogens is 285 g/mol. The highest BCUT2D eigenvalue weighted by Crippen LogP contribution is 2.48. The molecule has 2 N–H and O–H groups in total. The molecule has 0 amide bonds. The van der Waals surface area contributed by atoms with Crippen LogP contribution >= 0.6 is 0 Å². The summed E-state index contributed by atoms with van der Waals surface area (Å²) in [6, 6.07) is 9.42. The molecule has 0 bridgehead atoms. The van der Waals surface area contributed by atoms with E-state index in [-0.39, 0.29) is 44.6 Å². The second kappa shape index (κ2) is 7.96. The lowest BCUT2D eigenvalue weighted by molar-refractivity contribution is -0.146. The second-order valence-electron chi connectivity index (χ2n) is 5.27. The Labute approximate surface area is 130 Å². The van der Waals surface area contributed by atoms with Gasteiger partial charge in [-0.2, -0.15) is 0 Å². The van der Waals surface area contributed by atoms with Crippen molar-refractivity contribution in [2.24, 2.45) is 17.6 Å². The predicted molar refractivity (Wildman–Crippen MR) is 80.9 cm³/mol. The predicted octanol–water partition coefficient (Wildman–Crippen LogP) is 0.612. The fourth-order valence-corrected chi connectivity index (χ4v) is 2.48. The summed E-state index contributed by atoms with van der Waals surface area (Å²) in [7, 11) is 1.50. The van der Waals surface area contributed by atoms with Gasteiger partial charge in [0.1, 0.15) is 6.61 Å². The molecule has 1 saturated carbocycles. The van der Waals surface area contributed by atoms with Crippen molar-refractivity contribution >= 4 is 19.4 Å². The average Bonchev–Trinajstić information content (AvgIpc) is 3.34. The molecule has 0 heterocycles. The zero-order valence-corrected chi connectivity index (χ0v) is 12.6. The maximum Gasteiger partial charge on any atom is 0.308 e. The third kappa shape index (κ3) is 4.32. The van der Waals surface area contributed by atoms with Crippen molar-refractivity contribution in [3.05, 3.63) is 35.9 Å². The van der Waals surface area contributed by atoms with Gasteiger partial charge < -0.3 is 19.9 Å². The lowest BCUT2D eigenvalue weighted by Gasteiger charge is -2.14. The number of esters is 2. The largest absolute Gasteiger partial charge is 0.469 e. The van der Waals surface area contributed by atoms with E-state index in [1.165, 1.54) is 7.11 Å². The molecule has 7 heteroatoms. The minimum atomic E-state index is -0.489. The summed E-state index contributed by atoms with van der Waals surface area (Å²) in [5.41, 5.74) is 6.23. The molecule has 1 aromatic carbocycles. The molecule has 2 rings (SSSR count). The molecule has 0 saturated heterocycles. The van der Waals surface area contributed by atoms with Gasteiger partial charge in [0.25, 0.3) is 7.48 Å². The van der Waals surface area contributed by atoms with Gasteiger partial charge in [0.05, 0.1) is 25.6 Å². The molecule has 0 spiro atoms. The SMILES string of the molecule is COC(=O)C1CC1C(BOCN)C(=O)OCc1ccccc1. The van der Waals surface area contributed by atoms with Crippen LogP contribution in [0.25, 0.3) is 0 Å². The molecule has 6 nitrogen and oxygen atoms in total. The van der Waals surface area contributed by atoms with Crippen molar-refractivity contribution in [2.75, 3.05) is 13.8 Å². The Morgan fingerprint density at radius 2 is 2.09 bits per heavy atom. The van der Waals surface area contributed by atoms with E-state index in [2.05, 4.69) is 0 Å². The minimum Gasteiger partial charge on any atom is -0.469 e. The number of hydrogen-bond donors (Lipinski definition) is 1. The van der Waals surface area contributed by atoms with E-state index >= 15 is 0 Å². The van der Waals surface area contributed by atoms with Gasteiger partial charge in [-0.3, -0.25) is 9.59 Å². The zero-order valence-electron chi connectivity index (χ0n) is 12.6. The summed E-state index contributed by atoms with van der Waals surface area (Å²) in [6.07, 6.45) is 0.617. The number of hydrogen-bond acceptors (Lipinski definition) is 6. The second-order valence-corrected chi connectivity index (χ2v) is 5.27. The highest BCUT2D eigenvalue weighted by Gasteiger charge is 2.51. The molecule has 1 aromatic rings. The van der Waals surface area contributed by atoms with Crippen molar-refractivity contribution in [3.63, 3.8) is 0 Å². The fraction of sp³-hybridized carbons (Fsp3) is 0.467. The summed E-state index contributed by atoms with van der Waals surface area (Å²) in [5.74, 6) is -1.49. The molecule has 3 atom stereocenters. The van der Waals surface area contributed by atoms with Gasteiger partial charge in [-0.25, -0.2) is 0 Å². The molecule has 1 fully saturated rings. The number of rotatable bonds is 8. The van der Waals surface area contributed by atoms with Crippen LogP contribution in [0.5, 0.6) is 0 Å². The third-order valence-corrected chi connectivity index (χ3v) is 3.80. The third-order valence-electron chi connectivity index (χ3n) is 3.80. The van der Waals surface area contributed by atoms with Gasteiger partial charge in [0.15, 0.2) is 0 Å². The highest BCUT2D eigenvalue weighted by atomic mass is 16.5. The maximum absolute atomic E-state index is 12.3. The van der Waals surface area contributed by atoms with E-state index in [4.69, 9.17) is 19.9 Å². The molecule has 0 aromatic heterocycles. The zero-order chi connectivity index (χ0) is 15.9. The van der Waals surface area contributed by atoms with Crippen molar-refractivity contribution in [3.8, 4) is 0 Å². The lowest BCUT2D eigenvalue weighted by atomic mass is 9.75. The Bertz CT molecular complexity index is 510. The van der Waals surface area contributed by atoms with Gasteiger partial charge in [-0.15, -0.1) is 0 Å². The first-order valence-corrected chi connectivity index (χ1v) is 7.23. The number of methoxy groups -OCH3 is 1. The molecule has 3 unspecified atom stereocenters. The van der Waals surface area contributed by atoms with Crippen LogP contribution < -0.4 is 5.73 Å². The van der Waals surface area contributed by atoms with Gasteiger partial charge in [-0.1, -0.05) is 30.3 Å². The number of benzene rings is 1. The van der Waals surface area contributed by atoms with Crippen LogP contribution in [0.2, 0.25) is 5.82 Å². The van der Waals surface area contributed by atoms with E-state index in [0.717, 1.165) is 5.56 Å². The van der Waals surface area contributed by atoms with E-state index in [9.17, 15) is 9.59 Å². The monoisotopic (exact) mass is 305 g/mol. The van der Waals surface area contributed by atoms with E-state index in [1.807, 2.05) is 30.3 Å². The standard InChI is InChI=1S/C15H20BNO5/c1-20-14(18)12-7-11(12)13(16-22-9-17)15(19)21-8-10-5-3-2-4-6-10/h2-6,11-13,16H,7-9,17H2,1H3. The van der Waals surface area contributed by atoms with Crippen molar-refractivity contribution in [1.82, 2.24) is 0 Å². The number of nitrogens with two attached hydrogens (primary N) is 1. The fourth-order valence-electron chi connectivity index (χ4n) is 2.48. The van der Waals surface area contributed by atoms with Gasteiger partial charge >= 0.3 is 11.9 Å². The number of carbonyl (C=O) groups is 2. The van der Waals surface area contributed by atoms with E-state index in [1.54, 1.807) is 0 Å². The van der Waals surface area contributed by atoms with E-state index in [0.29, 0.717) is 6.42 Å². The minimum absolute atomic E-state index is 0.0259. The normalized spacial score (nSPS) is 20.8. The van der Waals surface area contributed by atoms with Crippen molar-refractivity contribution < 1.29 is 23.7 Å². The summed E-state index contributed by atoms with van der Waals surface area (Å²) in [5, 5.41) is 0. The lowest BCUT2D eigenvalue weighted by Crippen LogP contribution is -2.25. The van der Waals surface area contributed by atoms with Crippen LogP contribution in [0.4, 0.5) is 0 Å². The molecule has 1 aliphatic rings. The van der Waals surface area contributed by atoms with Gasteiger partial charge in [0, 0.05) is 0 Å². The Hall–Kier alpha value is -1.86. The van der Waals surface area contributed by atoms with Crippen LogP contribution in [-0.2, 0) is 30.3 Å². The quantitative estimate of drug-likeness (QED) is 0.430. The van der Waals surface area contributed by atoms with Crippen LogP contribution in [0, 0.1) is 11.8 Å².